The molecule has 0 saturated heterocycles. The predicted molar refractivity (Wildman–Crippen MR) is 107 cm³/mol. The van der Waals surface area contributed by atoms with Gasteiger partial charge < -0.3 is 15.5 Å². The van der Waals surface area contributed by atoms with Crippen LogP contribution < -0.4 is 10.6 Å². The SMILES string of the molecule is CCN(Cc1ccccc1)C(=O)CNC(=NC)NCCc1cccc(F)c1. The largest absolute Gasteiger partial charge is 0.356 e. The zero-order valence-electron chi connectivity index (χ0n) is 15.9. The van der Waals surface area contributed by atoms with Gasteiger partial charge in [-0.05, 0) is 36.6 Å². The topological polar surface area (TPSA) is 56.7 Å². The van der Waals surface area contributed by atoms with E-state index in [0.29, 0.717) is 32.0 Å². The average Bonchev–Trinajstić information content (AvgIpc) is 2.69. The third kappa shape index (κ3) is 7.09. The number of amides is 1. The van der Waals surface area contributed by atoms with Crippen molar-refractivity contribution in [3.05, 3.63) is 71.5 Å². The molecule has 0 aromatic heterocycles. The molecule has 6 heteroatoms. The molecule has 2 rings (SSSR count). The number of halogens is 1. The van der Waals surface area contributed by atoms with Crippen LogP contribution >= 0.6 is 0 Å². The molecule has 1 amide bonds. The minimum absolute atomic E-state index is 0.00873. The number of hydrogen-bond acceptors (Lipinski definition) is 2. The van der Waals surface area contributed by atoms with Crippen molar-refractivity contribution >= 4 is 11.9 Å². The summed E-state index contributed by atoms with van der Waals surface area (Å²) in [4.78, 5) is 18.4. The number of nitrogens with zero attached hydrogens (tertiary/aromatic N) is 2. The van der Waals surface area contributed by atoms with Crippen LogP contribution in [0.4, 0.5) is 4.39 Å². The van der Waals surface area contributed by atoms with Crippen LogP contribution in [0.25, 0.3) is 0 Å². The highest BCUT2D eigenvalue weighted by atomic mass is 19.1. The maximum Gasteiger partial charge on any atom is 0.242 e. The number of likely N-dealkylation sites (N-methyl/N-ethyl adjacent to an activating group) is 1. The van der Waals surface area contributed by atoms with Crippen LogP contribution in [0.3, 0.4) is 0 Å². The van der Waals surface area contributed by atoms with E-state index in [0.717, 1.165) is 11.1 Å². The van der Waals surface area contributed by atoms with E-state index in [2.05, 4.69) is 15.6 Å². The molecule has 0 aliphatic rings. The fourth-order valence-electron chi connectivity index (χ4n) is 2.69. The third-order valence-electron chi connectivity index (χ3n) is 4.18. The molecular weight excluding hydrogens is 343 g/mol. The van der Waals surface area contributed by atoms with Gasteiger partial charge in [0, 0.05) is 26.7 Å². The molecule has 144 valence electrons. The summed E-state index contributed by atoms with van der Waals surface area (Å²) in [6.07, 6.45) is 0.668. The first kappa shape index (κ1) is 20.4. The second-order valence-electron chi connectivity index (χ2n) is 6.13. The van der Waals surface area contributed by atoms with Crippen LogP contribution in [0.5, 0.6) is 0 Å². The maximum absolute atomic E-state index is 13.2. The Morgan fingerprint density at radius 2 is 1.81 bits per heavy atom. The third-order valence-corrected chi connectivity index (χ3v) is 4.18. The van der Waals surface area contributed by atoms with Crippen molar-refractivity contribution in [2.45, 2.75) is 19.9 Å². The van der Waals surface area contributed by atoms with Gasteiger partial charge in [-0.2, -0.15) is 0 Å². The van der Waals surface area contributed by atoms with Gasteiger partial charge in [-0.1, -0.05) is 42.5 Å². The van der Waals surface area contributed by atoms with Crippen molar-refractivity contribution < 1.29 is 9.18 Å². The van der Waals surface area contributed by atoms with Gasteiger partial charge >= 0.3 is 0 Å². The highest BCUT2D eigenvalue weighted by Gasteiger charge is 2.12. The lowest BCUT2D eigenvalue weighted by Crippen LogP contribution is -2.44. The van der Waals surface area contributed by atoms with Crippen LogP contribution in [-0.4, -0.2) is 43.4 Å². The van der Waals surface area contributed by atoms with E-state index in [-0.39, 0.29) is 18.3 Å². The fraction of sp³-hybridized carbons (Fsp3) is 0.333. The molecule has 0 fully saturated rings. The number of guanidine groups is 1. The smallest absolute Gasteiger partial charge is 0.242 e. The van der Waals surface area contributed by atoms with Crippen molar-refractivity contribution in [2.24, 2.45) is 4.99 Å². The highest BCUT2D eigenvalue weighted by Crippen LogP contribution is 2.05. The Morgan fingerprint density at radius 1 is 1.07 bits per heavy atom. The van der Waals surface area contributed by atoms with E-state index in [9.17, 15) is 9.18 Å². The van der Waals surface area contributed by atoms with E-state index >= 15 is 0 Å². The molecule has 2 aromatic rings. The second-order valence-corrected chi connectivity index (χ2v) is 6.13. The van der Waals surface area contributed by atoms with E-state index in [4.69, 9.17) is 0 Å². The van der Waals surface area contributed by atoms with Gasteiger partial charge in [-0.3, -0.25) is 9.79 Å². The van der Waals surface area contributed by atoms with Crippen LogP contribution in [0.2, 0.25) is 0 Å². The Morgan fingerprint density at radius 3 is 2.48 bits per heavy atom. The molecule has 0 bridgehead atoms. The molecule has 0 saturated carbocycles. The van der Waals surface area contributed by atoms with Crippen LogP contribution in [-0.2, 0) is 17.8 Å². The highest BCUT2D eigenvalue weighted by molar-refractivity contribution is 5.86. The predicted octanol–water partition coefficient (Wildman–Crippen LogP) is 2.58. The average molecular weight is 370 g/mol. The quantitative estimate of drug-likeness (QED) is 0.555. The van der Waals surface area contributed by atoms with Gasteiger partial charge in [-0.15, -0.1) is 0 Å². The molecule has 2 N–H and O–H groups in total. The normalized spacial score (nSPS) is 11.1. The number of benzene rings is 2. The summed E-state index contributed by atoms with van der Waals surface area (Å²) in [5.74, 6) is 0.323. The van der Waals surface area contributed by atoms with Crippen molar-refractivity contribution in [3.63, 3.8) is 0 Å². The minimum atomic E-state index is -0.237. The summed E-state index contributed by atoms with van der Waals surface area (Å²) in [7, 11) is 1.66. The fourth-order valence-corrected chi connectivity index (χ4v) is 2.69. The first-order chi connectivity index (χ1) is 13.1. The summed E-state index contributed by atoms with van der Waals surface area (Å²) >= 11 is 0. The molecule has 0 heterocycles. The summed E-state index contributed by atoms with van der Waals surface area (Å²) < 4.78 is 13.2. The Hall–Kier alpha value is -2.89. The van der Waals surface area contributed by atoms with Crippen molar-refractivity contribution in [1.82, 2.24) is 15.5 Å². The second kappa shape index (κ2) is 11.0. The van der Waals surface area contributed by atoms with Gasteiger partial charge in [0.1, 0.15) is 5.82 Å². The molecule has 0 radical (unpaired) electrons. The van der Waals surface area contributed by atoms with Gasteiger partial charge in [0.2, 0.25) is 5.91 Å². The van der Waals surface area contributed by atoms with Crippen LogP contribution in [0, 0.1) is 5.82 Å². The Kier molecular flexibility index (Phi) is 8.29. The Balaban J connectivity index is 1.77. The van der Waals surface area contributed by atoms with Crippen LogP contribution in [0.15, 0.2) is 59.6 Å². The number of aliphatic imine (C=N–C) groups is 1. The summed E-state index contributed by atoms with van der Waals surface area (Å²) in [5, 5.41) is 6.19. The maximum atomic E-state index is 13.2. The molecule has 0 spiro atoms. The molecule has 0 unspecified atom stereocenters. The Bertz CT molecular complexity index is 749. The van der Waals surface area contributed by atoms with E-state index in [1.807, 2.05) is 43.3 Å². The van der Waals surface area contributed by atoms with E-state index in [1.54, 1.807) is 18.0 Å². The molecule has 2 aromatic carbocycles. The summed E-state index contributed by atoms with van der Waals surface area (Å²) in [6.45, 7) is 3.95. The zero-order chi connectivity index (χ0) is 19.5. The first-order valence-corrected chi connectivity index (χ1v) is 9.13. The summed E-state index contributed by atoms with van der Waals surface area (Å²) in [5.41, 5.74) is 2.01. The van der Waals surface area contributed by atoms with Gasteiger partial charge in [0.25, 0.3) is 0 Å². The van der Waals surface area contributed by atoms with Crippen molar-refractivity contribution in [3.8, 4) is 0 Å². The van der Waals surface area contributed by atoms with Crippen molar-refractivity contribution in [1.29, 1.82) is 0 Å². The van der Waals surface area contributed by atoms with Gasteiger partial charge in [0.15, 0.2) is 5.96 Å². The lowest BCUT2D eigenvalue weighted by molar-refractivity contribution is -0.130. The molecule has 0 aliphatic heterocycles. The van der Waals surface area contributed by atoms with Gasteiger partial charge in [-0.25, -0.2) is 4.39 Å². The number of hydrogen-bond donors (Lipinski definition) is 2. The van der Waals surface area contributed by atoms with E-state index < -0.39 is 0 Å². The lowest BCUT2D eigenvalue weighted by Gasteiger charge is -2.22. The monoisotopic (exact) mass is 370 g/mol. The number of rotatable bonds is 8. The van der Waals surface area contributed by atoms with Crippen LogP contribution in [0.1, 0.15) is 18.1 Å². The van der Waals surface area contributed by atoms with E-state index in [1.165, 1.54) is 12.1 Å². The molecule has 0 aliphatic carbocycles. The zero-order valence-corrected chi connectivity index (χ0v) is 15.9. The first-order valence-electron chi connectivity index (χ1n) is 9.13. The van der Waals surface area contributed by atoms with Gasteiger partial charge in [0.05, 0.1) is 6.54 Å². The number of carbonyl (C=O) groups excluding carboxylic acids is 1. The Labute approximate surface area is 160 Å². The molecule has 0 atom stereocenters. The number of carbonyl (C=O) groups is 1. The number of nitrogens with one attached hydrogen (secondary N) is 2. The standard InChI is InChI=1S/C21H27FN4O/c1-3-26(16-18-8-5-4-6-9-18)20(27)15-25-21(23-2)24-13-12-17-10-7-11-19(22)14-17/h4-11,14H,3,12-13,15-16H2,1-2H3,(H2,23,24,25). The van der Waals surface area contributed by atoms with Crippen molar-refractivity contribution in [2.75, 3.05) is 26.7 Å². The molecule has 5 nitrogen and oxygen atoms in total. The minimum Gasteiger partial charge on any atom is -0.356 e. The molecular formula is C21H27FN4O. The summed E-state index contributed by atoms with van der Waals surface area (Å²) in [6, 6.07) is 16.4. The molecule has 27 heavy (non-hydrogen) atoms. The lowest BCUT2D eigenvalue weighted by atomic mass is 10.1.